The Balaban J connectivity index is 2.32. The Morgan fingerprint density at radius 2 is 2.22 bits per heavy atom. The molecular formula is C11H11BrFN5O4S. The molecule has 0 bridgehead atoms. The number of hydrogen-bond acceptors (Lipinski definition) is 7. The van der Waals surface area contributed by atoms with E-state index in [1.165, 1.54) is 18.2 Å². The second kappa shape index (κ2) is 7.12. The molecule has 2 rings (SSSR count). The van der Waals surface area contributed by atoms with E-state index in [9.17, 15) is 18.0 Å². The van der Waals surface area contributed by atoms with Crippen LogP contribution >= 0.6 is 15.9 Å². The number of halogens is 2. The van der Waals surface area contributed by atoms with Crippen LogP contribution in [-0.2, 0) is 16.6 Å². The van der Waals surface area contributed by atoms with Crippen LogP contribution in [0.15, 0.2) is 32.3 Å². The van der Waals surface area contributed by atoms with E-state index < -0.39 is 15.8 Å². The molecule has 1 aromatic heterocycles. The lowest BCUT2D eigenvalue weighted by molar-refractivity contribution is 0.234. The summed E-state index contributed by atoms with van der Waals surface area (Å²) in [7, 11) is -3.45. The predicted octanol–water partition coefficient (Wildman–Crippen LogP) is 1.08. The fourth-order valence-electron chi connectivity index (χ4n) is 1.52. The van der Waals surface area contributed by atoms with E-state index in [1.807, 2.05) is 5.48 Å². The molecule has 12 heteroatoms. The van der Waals surface area contributed by atoms with Crippen molar-refractivity contribution in [1.29, 1.82) is 0 Å². The smallest absolute Gasteiger partial charge is 0.209 e. The van der Waals surface area contributed by atoms with Gasteiger partial charge in [-0.3, -0.25) is 10.7 Å². The third-order valence-electron chi connectivity index (χ3n) is 2.53. The van der Waals surface area contributed by atoms with Crippen molar-refractivity contribution in [3.63, 3.8) is 0 Å². The zero-order chi connectivity index (χ0) is 17.0. The fourth-order valence-corrected chi connectivity index (χ4v) is 2.28. The van der Waals surface area contributed by atoms with Crippen LogP contribution in [0, 0.1) is 5.82 Å². The molecule has 1 aromatic carbocycles. The van der Waals surface area contributed by atoms with Crippen molar-refractivity contribution in [2.24, 2.45) is 4.99 Å². The number of rotatable bonds is 5. The van der Waals surface area contributed by atoms with Crippen LogP contribution in [0.4, 0.5) is 10.1 Å². The number of hydrogen-bond donors (Lipinski definition) is 3. The van der Waals surface area contributed by atoms with Gasteiger partial charge in [-0.25, -0.2) is 27.2 Å². The molecule has 3 N–H and O–H groups in total. The zero-order valence-electron chi connectivity index (χ0n) is 11.6. The van der Waals surface area contributed by atoms with E-state index in [-0.39, 0.29) is 28.2 Å². The monoisotopic (exact) mass is 407 g/mol. The number of nitrogens with zero attached hydrogens (tertiary/aromatic N) is 3. The summed E-state index contributed by atoms with van der Waals surface area (Å²) in [5.74, 6) is -0.612. The normalized spacial score (nSPS) is 12.4. The Bertz CT molecular complexity index is 839. The summed E-state index contributed by atoms with van der Waals surface area (Å²) in [6, 6.07) is 3.94. The first-order valence-electron chi connectivity index (χ1n) is 6.00. The van der Waals surface area contributed by atoms with Gasteiger partial charge in [0.05, 0.1) is 23.0 Å². The van der Waals surface area contributed by atoms with Gasteiger partial charge in [-0.15, -0.1) is 0 Å². The van der Waals surface area contributed by atoms with Crippen molar-refractivity contribution in [2.45, 2.75) is 6.54 Å². The first kappa shape index (κ1) is 17.5. The second-order valence-electron chi connectivity index (χ2n) is 4.32. The molecule has 0 aliphatic carbocycles. The van der Waals surface area contributed by atoms with Crippen molar-refractivity contribution in [3.05, 3.63) is 39.9 Å². The molecule has 0 fully saturated rings. The molecule has 0 saturated heterocycles. The molecule has 0 spiro atoms. The quantitative estimate of drug-likeness (QED) is 0.384. The van der Waals surface area contributed by atoms with Gasteiger partial charge in [0.25, 0.3) is 0 Å². The van der Waals surface area contributed by atoms with Gasteiger partial charge in [0.1, 0.15) is 11.5 Å². The lowest BCUT2D eigenvalue weighted by atomic mass is 10.3. The third kappa shape index (κ3) is 4.79. The molecule has 1 heterocycles. The van der Waals surface area contributed by atoms with E-state index in [0.717, 1.165) is 6.26 Å². The van der Waals surface area contributed by atoms with Crippen molar-refractivity contribution >= 4 is 37.5 Å². The second-order valence-corrected chi connectivity index (χ2v) is 7.01. The van der Waals surface area contributed by atoms with Gasteiger partial charge in [-0.1, -0.05) is 5.16 Å². The number of sulfonamides is 1. The summed E-state index contributed by atoms with van der Waals surface area (Å²) >= 11 is 3.02. The molecule has 0 aliphatic heterocycles. The van der Waals surface area contributed by atoms with E-state index in [1.54, 1.807) is 0 Å². The average Bonchev–Trinajstić information content (AvgIpc) is 2.94. The lowest BCUT2D eigenvalue weighted by Crippen LogP contribution is -2.26. The minimum atomic E-state index is -3.45. The SMILES string of the molecule is CS(=O)(=O)NCc1nonc1C(=Nc1ccc(F)c(Br)c1)NO. The standard InChI is InChI=1S/C11H11BrFN5O4S/c1-23(20,21)14-5-9-10(18-22-17-9)11(16-19)15-6-2-3-8(13)7(12)4-6/h2-4,14,19H,5H2,1H3,(H,15,16). The number of aromatic nitrogens is 2. The van der Waals surface area contributed by atoms with Gasteiger partial charge >= 0.3 is 0 Å². The number of benzene rings is 1. The summed E-state index contributed by atoms with van der Waals surface area (Å²) in [5, 5.41) is 16.3. The molecule has 0 aliphatic rings. The minimum absolute atomic E-state index is 0.00379. The zero-order valence-corrected chi connectivity index (χ0v) is 14.0. The molecule has 124 valence electrons. The highest BCUT2D eigenvalue weighted by atomic mass is 79.9. The topological polar surface area (TPSA) is 130 Å². The molecule has 0 amide bonds. The molecule has 2 aromatic rings. The summed E-state index contributed by atoms with van der Waals surface area (Å²) in [5.41, 5.74) is 2.24. The van der Waals surface area contributed by atoms with Crippen molar-refractivity contribution in [1.82, 2.24) is 20.5 Å². The lowest BCUT2D eigenvalue weighted by Gasteiger charge is -2.04. The molecule has 0 atom stereocenters. The maximum absolute atomic E-state index is 13.2. The number of amidine groups is 1. The highest BCUT2D eigenvalue weighted by Gasteiger charge is 2.17. The summed E-state index contributed by atoms with van der Waals surface area (Å²) in [6.07, 6.45) is 0.982. The maximum atomic E-state index is 13.2. The van der Waals surface area contributed by atoms with Gasteiger partial charge in [-0.2, -0.15) is 0 Å². The van der Waals surface area contributed by atoms with Crippen LogP contribution in [0.2, 0.25) is 0 Å². The number of nitrogens with one attached hydrogen (secondary N) is 2. The number of aliphatic imine (C=N–C) groups is 1. The van der Waals surface area contributed by atoms with Gasteiger partial charge in [0.2, 0.25) is 10.0 Å². The average molecular weight is 408 g/mol. The van der Waals surface area contributed by atoms with Crippen molar-refractivity contribution in [3.8, 4) is 0 Å². The molecule has 0 radical (unpaired) electrons. The van der Waals surface area contributed by atoms with Gasteiger partial charge in [0.15, 0.2) is 11.5 Å². The predicted molar refractivity (Wildman–Crippen MR) is 81.2 cm³/mol. The van der Waals surface area contributed by atoms with Crippen LogP contribution in [0.5, 0.6) is 0 Å². The Kier molecular flexibility index (Phi) is 5.41. The van der Waals surface area contributed by atoms with E-state index in [4.69, 9.17) is 0 Å². The van der Waals surface area contributed by atoms with E-state index in [2.05, 4.69) is 40.6 Å². The van der Waals surface area contributed by atoms with Crippen molar-refractivity contribution in [2.75, 3.05) is 6.26 Å². The first-order valence-corrected chi connectivity index (χ1v) is 8.69. The van der Waals surface area contributed by atoms with Gasteiger partial charge in [-0.05, 0) is 39.3 Å². The van der Waals surface area contributed by atoms with Crippen molar-refractivity contribution < 1.29 is 22.6 Å². The van der Waals surface area contributed by atoms with Crippen LogP contribution in [0.3, 0.4) is 0 Å². The largest absolute Gasteiger partial charge is 0.290 e. The highest BCUT2D eigenvalue weighted by Crippen LogP contribution is 2.22. The fraction of sp³-hybridized carbons (Fsp3) is 0.182. The first-order chi connectivity index (χ1) is 10.8. The Hall–Kier alpha value is -1.89. The summed E-state index contributed by atoms with van der Waals surface area (Å²) in [4.78, 5) is 4.05. The van der Waals surface area contributed by atoms with E-state index in [0.29, 0.717) is 5.69 Å². The van der Waals surface area contributed by atoms with Gasteiger partial charge < -0.3 is 0 Å². The maximum Gasteiger partial charge on any atom is 0.209 e. The Labute approximate surface area is 138 Å². The summed E-state index contributed by atoms with van der Waals surface area (Å²) < 4.78 is 42.4. The minimum Gasteiger partial charge on any atom is -0.290 e. The molecule has 0 saturated carbocycles. The third-order valence-corrected chi connectivity index (χ3v) is 3.81. The molecule has 0 unspecified atom stereocenters. The van der Waals surface area contributed by atoms with Crippen LogP contribution in [-0.4, -0.2) is 36.0 Å². The Morgan fingerprint density at radius 1 is 1.48 bits per heavy atom. The molecular weight excluding hydrogens is 397 g/mol. The van der Waals surface area contributed by atoms with Crippen LogP contribution < -0.4 is 10.2 Å². The summed E-state index contributed by atoms with van der Waals surface area (Å²) in [6.45, 7) is -0.203. The van der Waals surface area contributed by atoms with Gasteiger partial charge in [0, 0.05) is 0 Å². The molecule has 9 nitrogen and oxygen atoms in total. The molecule has 23 heavy (non-hydrogen) atoms. The van der Waals surface area contributed by atoms with Crippen LogP contribution in [0.1, 0.15) is 11.4 Å². The van der Waals surface area contributed by atoms with Crippen LogP contribution in [0.25, 0.3) is 0 Å². The van der Waals surface area contributed by atoms with E-state index >= 15 is 0 Å². The Morgan fingerprint density at radius 3 is 2.83 bits per heavy atom. The number of hydroxylamine groups is 1. The highest BCUT2D eigenvalue weighted by molar-refractivity contribution is 9.10.